The summed E-state index contributed by atoms with van der Waals surface area (Å²) in [4.78, 5) is 46.3. The smallest absolute Gasteiger partial charge is 0.254 e. The van der Waals surface area contributed by atoms with E-state index in [1.54, 1.807) is 25.1 Å². The maximum Gasteiger partial charge on any atom is 0.254 e. The molecule has 0 unspecified atom stereocenters. The summed E-state index contributed by atoms with van der Waals surface area (Å²) in [7, 11) is 0. The van der Waals surface area contributed by atoms with Gasteiger partial charge in [-0.3, -0.25) is 19.2 Å². The van der Waals surface area contributed by atoms with Gasteiger partial charge >= 0.3 is 0 Å². The first-order chi connectivity index (χ1) is 10.8. The van der Waals surface area contributed by atoms with Crippen LogP contribution in [0.2, 0.25) is 0 Å². The van der Waals surface area contributed by atoms with Gasteiger partial charge in [0, 0.05) is 19.8 Å². The van der Waals surface area contributed by atoms with Crippen molar-refractivity contribution in [3.05, 3.63) is 29.8 Å². The van der Waals surface area contributed by atoms with Gasteiger partial charge in [0.2, 0.25) is 11.8 Å². The number of ketones is 1. The van der Waals surface area contributed by atoms with Crippen LogP contribution in [0.3, 0.4) is 0 Å². The summed E-state index contributed by atoms with van der Waals surface area (Å²) < 4.78 is 0. The molecule has 0 radical (unpaired) electrons. The highest BCUT2D eigenvalue weighted by Gasteiger charge is 2.21. The van der Waals surface area contributed by atoms with E-state index < -0.39 is 17.9 Å². The van der Waals surface area contributed by atoms with Gasteiger partial charge in [-0.25, -0.2) is 0 Å². The van der Waals surface area contributed by atoms with Crippen LogP contribution in [0.5, 0.6) is 0 Å². The van der Waals surface area contributed by atoms with Crippen LogP contribution in [0.1, 0.15) is 43.5 Å². The largest absolute Gasteiger partial charge is 0.368 e. The van der Waals surface area contributed by atoms with E-state index in [2.05, 4.69) is 10.6 Å². The SMILES string of the molecule is CCC(=O)CC[C@H](NC(=O)c1ccccc1NC(C)=O)C(N)=O. The Bertz CT molecular complexity index is 613. The van der Waals surface area contributed by atoms with Crippen LogP contribution in [0.25, 0.3) is 0 Å². The molecule has 0 saturated carbocycles. The molecule has 23 heavy (non-hydrogen) atoms. The molecule has 1 rings (SSSR count). The third-order valence-electron chi connectivity index (χ3n) is 3.24. The molecule has 0 spiro atoms. The third-order valence-corrected chi connectivity index (χ3v) is 3.24. The second-order valence-corrected chi connectivity index (χ2v) is 5.09. The number of para-hydroxylation sites is 1. The fraction of sp³-hybridized carbons (Fsp3) is 0.375. The van der Waals surface area contributed by atoms with Crippen molar-refractivity contribution in [2.45, 2.75) is 39.2 Å². The van der Waals surface area contributed by atoms with E-state index in [0.717, 1.165) is 0 Å². The number of carbonyl (C=O) groups is 4. The average molecular weight is 319 g/mol. The van der Waals surface area contributed by atoms with Crippen LogP contribution in [0.15, 0.2) is 24.3 Å². The number of nitrogens with two attached hydrogens (primary N) is 1. The van der Waals surface area contributed by atoms with Gasteiger partial charge in [0.1, 0.15) is 11.8 Å². The van der Waals surface area contributed by atoms with Crippen molar-refractivity contribution in [3.63, 3.8) is 0 Å². The third kappa shape index (κ3) is 5.90. The fourth-order valence-electron chi connectivity index (χ4n) is 1.98. The summed E-state index contributed by atoms with van der Waals surface area (Å²) in [5, 5.41) is 5.05. The first kappa shape index (κ1) is 18.3. The number of nitrogens with one attached hydrogen (secondary N) is 2. The summed E-state index contributed by atoms with van der Waals surface area (Å²) in [6.45, 7) is 3.06. The van der Waals surface area contributed by atoms with Gasteiger partial charge in [-0.05, 0) is 18.6 Å². The molecule has 0 aliphatic rings. The normalized spacial score (nSPS) is 11.4. The van der Waals surface area contributed by atoms with Gasteiger partial charge in [0.05, 0.1) is 11.3 Å². The number of Topliss-reactive ketones (excluding diaryl/α,β-unsaturated/α-hetero) is 1. The standard InChI is InChI=1S/C16H21N3O4/c1-3-11(21)8-9-14(15(17)22)19-16(23)12-6-4-5-7-13(12)18-10(2)20/h4-7,14H,3,8-9H2,1-2H3,(H2,17,22)(H,18,20)(H,19,23)/t14-/m0/s1. The summed E-state index contributed by atoms with van der Waals surface area (Å²) in [5.74, 6) is -1.57. The molecule has 3 amide bonds. The topological polar surface area (TPSA) is 118 Å². The molecular formula is C16H21N3O4. The molecule has 0 heterocycles. The van der Waals surface area contributed by atoms with Gasteiger partial charge in [0.25, 0.3) is 5.91 Å². The highest BCUT2D eigenvalue weighted by molar-refractivity contribution is 6.04. The molecule has 0 fully saturated rings. The minimum atomic E-state index is -0.941. The zero-order chi connectivity index (χ0) is 17.4. The second kappa shape index (κ2) is 8.67. The minimum Gasteiger partial charge on any atom is -0.368 e. The Morgan fingerprint density at radius 1 is 1.17 bits per heavy atom. The lowest BCUT2D eigenvalue weighted by Gasteiger charge is -2.16. The maximum atomic E-state index is 12.3. The molecule has 0 bridgehead atoms. The predicted molar refractivity (Wildman–Crippen MR) is 85.7 cm³/mol. The molecule has 7 nitrogen and oxygen atoms in total. The molecule has 0 saturated heterocycles. The first-order valence-electron chi connectivity index (χ1n) is 7.33. The Hall–Kier alpha value is -2.70. The number of primary amides is 1. The Morgan fingerprint density at radius 2 is 1.83 bits per heavy atom. The van der Waals surface area contributed by atoms with E-state index in [-0.39, 0.29) is 30.1 Å². The van der Waals surface area contributed by atoms with Gasteiger partial charge in [-0.15, -0.1) is 0 Å². The molecule has 0 aromatic heterocycles. The van der Waals surface area contributed by atoms with Crippen molar-refractivity contribution in [1.82, 2.24) is 5.32 Å². The highest BCUT2D eigenvalue weighted by Crippen LogP contribution is 2.15. The number of amides is 3. The molecule has 124 valence electrons. The summed E-state index contributed by atoms with van der Waals surface area (Å²) in [5.41, 5.74) is 5.83. The monoisotopic (exact) mass is 319 g/mol. The number of carbonyl (C=O) groups excluding carboxylic acids is 4. The Balaban J connectivity index is 2.85. The van der Waals surface area contributed by atoms with Crippen molar-refractivity contribution in [1.29, 1.82) is 0 Å². The van der Waals surface area contributed by atoms with Gasteiger partial charge in [0.15, 0.2) is 0 Å². The van der Waals surface area contributed by atoms with Crippen LogP contribution in [-0.4, -0.2) is 29.5 Å². The number of benzene rings is 1. The molecule has 0 aliphatic heterocycles. The van der Waals surface area contributed by atoms with Crippen molar-refractivity contribution in [3.8, 4) is 0 Å². The van der Waals surface area contributed by atoms with Gasteiger partial charge in [-0.2, -0.15) is 0 Å². The zero-order valence-corrected chi connectivity index (χ0v) is 13.2. The van der Waals surface area contributed by atoms with E-state index in [9.17, 15) is 19.2 Å². The fourth-order valence-corrected chi connectivity index (χ4v) is 1.98. The van der Waals surface area contributed by atoms with Crippen LogP contribution in [0.4, 0.5) is 5.69 Å². The van der Waals surface area contributed by atoms with Crippen LogP contribution in [-0.2, 0) is 14.4 Å². The van der Waals surface area contributed by atoms with Crippen LogP contribution < -0.4 is 16.4 Å². The lowest BCUT2D eigenvalue weighted by atomic mass is 10.1. The lowest BCUT2D eigenvalue weighted by Crippen LogP contribution is -2.44. The molecule has 1 aromatic carbocycles. The van der Waals surface area contributed by atoms with E-state index in [4.69, 9.17) is 5.73 Å². The van der Waals surface area contributed by atoms with E-state index in [1.165, 1.54) is 13.0 Å². The maximum absolute atomic E-state index is 12.3. The predicted octanol–water partition coefficient (Wildman–Crippen LogP) is 0.988. The summed E-state index contributed by atoms with van der Waals surface area (Å²) in [6, 6.07) is 5.48. The van der Waals surface area contributed by atoms with E-state index >= 15 is 0 Å². The molecule has 7 heteroatoms. The first-order valence-corrected chi connectivity index (χ1v) is 7.33. The molecule has 0 aliphatic carbocycles. The van der Waals surface area contributed by atoms with Crippen molar-refractivity contribution in [2.75, 3.05) is 5.32 Å². The molecule has 4 N–H and O–H groups in total. The Labute approximate surface area is 134 Å². The number of hydrogen-bond acceptors (Lipinski definition) is 4. The summed E-state index contributed by atoms with van der Waals surface area (Å²) >= 11 is 0. The number of anilines is 1. The quantitative estimate of drug-likeness (QED) is 0.662. The van der Waals surface area contributed by atoms with E-state index in [1.807, 2.05) is 0 Å². The average Bonchev–Trinajstić information content (AvgIpc) is 2.50. The van der Waals surface area contributed by atoms with Crippen LogP contribution in [0, 0.1) is 0 Å². The summed E-state index contributed by atoms with van der Waals surface area (Å²) in [6.07, 6.45) is 0.679. The van der Waals surface area contributed by atoms with Gasteiger partial charge < -0.3 is 16.4 Å². The molecular weight excluding hydrogens is 298 g/mol. The van der Waals surface area contributed by atoms with Crippen molar-refractivity contribution < 1.29 is 19.2 Å². The second-order valence-electron chi connectivity index (χ2n) is 5.09. The lowest BCUT2D eigenvalue weighted by molar-refractivity contribution is -0.121. The van der Waals surface area contributed by atoms with Crippen molar-refractivity contribution >= 4 is 29.2 Å². The van der Waals surface area contributed by atoms with Crippen molar-refractivity contribution in [2.24, 2.45) is 5.73 Å². The molecule has 1 atom stereocenters. The van der Waals surface area contributed by atoms with E-state index in [0.29, 0.717) is 12.1 Å². The number of hydrogen-bond donors (Lipinski definition) is 3. The van der Waals surface area contributed by atoms with Crippen LogP contribution >= 0.6 is 0 Å². The highest BCUT2D eigenvalue weighted by atomic mass is 16.2. The minimum absolute atomic E-state index is 0.0101. The zero-order valence-electron chi connectivity index (χ0n) is 13.2. The number of rotatable bonds is 8. The van der Waals surface area contributed by atoms with Gasteiger partial charge in [-0.1, -0.05) is 19.1 Å². The Kier molecular flexibility index (Phi) is 6.92. The molecule has 1 aromatic rings. The Morgan fingerprint density at radius 3 is 2.39 bits per heavy atom.